The second kappa shape index (κ2) is 6.26. The lowest BCUT2D eigenvalue weighted by Gasteiger charge is -2.09. The van der Waals surface area contributed by atoms with Crippen LogP contribution in [-0.4, -0.2) is 25.1 Å². The molecule has 1 heterocycles. The van der Waals surface area contributed by atoms with Crippen molar-refractivity contribution in [1.82, 2.24) is 4.98 Å². The summed E-state index contributed by atoms with van der Waals surface area (Å²) in [4.78, 5) is 16.6. The number of anilines is 1. The highest BCUT2D eigenvalue weighted by molar-refractivity contribution is 6.04. The van der Waals surface area contributed by atoms with Crippen molar-refractivity contribution in [2.45, 2.75) is 13.8 Å². The minimum Gasteiger partial charge on any atom is -0.497 e. The molecule has 0 aliphatic rings. The lowest BCUT2D eigenvalue weighted by atomic mass is 10.2. The molecule has 1 aromatic carbocycles. The van der Waals surface area contributed by atoms with E-state index in [1.807, 2.05) is 26.0 Å². The molecule has 0 radical (unpaired) electrons. The van der Waals surface area contributed by atoms with Gasteiger partial charge in [-0.1, -0.05) is 0 Å². The first-order chi connectivity index (χ1) is 10.0. The Bertz CT molecular complexity index is 626. The number of methoxy groups -OCH3 is 2. The first kappa shape index (κ1) is 14.8. The summed E-state index contributed by atoms with van der Waals surface area (Å²) in [6, 6.07) is 8.79. The number of amides is 1. The third-order valence-corrected chi connectivity index (χ3v) is 2.95. The molecule has 5 nitrogen and oxygen atoms in total. The highest BCUT2D eigenvalue weighted by Crippen LogP contribution is 2.23. The number of hydrogen-bond donors (Lipinski definition) is 1. The van der Waals surface area contributed by atoms with Crippen molar-refractivity contribution in [3.8, 4) is 11.5 Å². The zero-order chi connectivity index (χ0) is 15.4. The van der Waals surface area contributed by atoms with E-state index in [1.54, 1.807) is 32.4 Å². The number of ether oxygens (including phenoxy) is 2. The Labute approximate surface area is 123 Å². The molecular formula is C16H18N2O3. The van der Waals surface area contributed by atoms with Gasteiger partial charge in [-0.3, -0.25) is 4.79 Å². The summed E-state index contributed by atoms with van der Waals surface area (Å²) in [5, 5.41) is 2.78. The van der Waals surface area contributed by atoms with Gasteiger partial charge in [0.15, 0.2) is 0 Å². The maximum absolute atomic E-state index is 12.3. The van der Waals surface area contributed by atoms with Gasteiger partial charge in [0.1, 0.15) is 17.3 Å². The number of aryl methyl sites for hydroxylation is 2. The summed E-state index contributed by atoms with van der Waals surface area (Å²) in [6.45, 7) is 3.84. The number of carbonyl (C=O) groups is 1. The van der Waals surface area contributed by atoms with Crippen LogP contribution in [0.3, 0.4) is 0 Å². The van der Waals surface area contributed by atoms with E-state index in [2.05, 4.69) is 10.3 Å². The number of benzene rings is 1. The number of aromatic nitrogens is 1. The smallest absolute Gasteiger partial charge is 0.257 e. The Morgan fingerprint density at radius 3 is 2.14 bits per heavy atom. The van der Waals surface area contributed by atoms with E-state index in [4.69, 9.17) is 9.47 Å². The van der Waals surface area contributed by atoms with Gasteiger partial charge in [0.05, 0.1) is 14.2 Å². The average Bonchev–Trinajstić information content (AvgIpc) is 2.45. The SMILES string of the molecule is COc1cc(OC)cc(C(=O)Nc2cc(C)cc(C)n2)c1. The molecule has 0 atom stereocenters. The zero-order valence-electron chi connectivity index (χ0n) is 12.6. The molecule has 1 amide bonds. The Morgan fingerprint density at radius 1 is 1.00 bits per heavy atom. The average molecular weight is 286 g/mol. The van der Waals surface area contributed by atoms with E-state index in [-0.39, 0.29) is 5.91 Å². The molecule has 2 aromatic rings. The largest absolute Gasteiger partial charge is 0.497 e. The van der Waals surface area contributed by atoms with E-state index in [0.717, 1.165) is 11.3 Å². The first-order valence-corrected chi connectivity index (χ1v) is 6.51. The summed E-state index contributed by atoms with van der Waals surface area (Å²) in [7, 11) is 3.09. The maximum Gasteiger partial charge on any atom is 0.257 e. The summed E-state index contributed by atoms with van der Waals surface area (Å²) < 4.78 is 10.3. The van der Waals surface area contributed by atoms with Crippen LogP contribution in [0.2, 0.25) is 0 Å². The monoisotopic (exact) mass is 286 g/mol. The second-order valence-electron chi connectivity index (χ2n) is 4.73. The molecular weight excluding hydrogens is 268 g/mol. The van der Waals surface area contributed by atoms with Crippen molar-refractivity contribution >= 4 is 11.7 Å². The highest BCUT2D eigenvalue weighted by atomic mass is 16.5. The van der Waals surface area contributed by atoms with E-state index in [1.165, 1.54) is 0 Å². The fourth-order valence-electron chi connectivity index (χ4n) is 2.03. The Balaban J connectivity index is 2.27. The number of nitrogens with zero attached hydrogens (tertiary/aromatic N) is 1. The minimum absolute atomic E-state index is 0.260. The molecule has 2 rings (SSSR count). The number of rotatable bonds is 4. The topological polar surface area (TPSA) is 60.5 Å². The van der Waals surface area contributed by atoms with Crippen molar-refractivity contribution in [2.75, 3.05) is 19.5 Å². The van der Waals surface area contributed by atoms with E-state index in [0.29, 0.717) is 22.9 Å². The van der Waals surface area contributed by atoms with E-state index >= 15 is 0 Å². The molecule has 1 N–H and O–H groups in total. The van der Waals surface area contributed by atoms with Crippen LogP contribution in [0.1, 0.15) is 21.6 Å². The van der Waals surface area contributed by atoms with Crippen LogP contribution >= 0.6 is 0 Å². The van der Waals surface area contributed by atoms with Crippen LogP contribution < -0.4 is 14.8 Å². The molecule has 0 bridgehead atoms. The molecule has 21 heavy (non-hydrogen) atoms. The number of pyridine rings is 1. The molecule has 5 heteroatoms. The third kappa shape index (κ3) is 3.72. The third-order valence-electron chi connectivity index (χ3n) is 2.95. The van der Waals surface area contributed by atoms with Gasteiger partial charge >= 0.3 is 0 Å². The summed E-state index contributed by atoms with van der Waals surface area (Å²) in [5.74, 6) is 1.39. The molecule has 0 saturated heterocycles. The van der Waals surface area contributed by atoms with Gasteiger partial charge in [-0.15, -0.1) is 0 Å². The summed E-state index contributed by atoms with van der Waals surface area (Å²) in [5.41, 5.74) is 2.35. The number of carbonyl (C=O) groups excluding carboxylic acids is 1. The second-order valence-corrected chi connectivity index (χ2v) is 4.73. The lowest BCUT2D eigenvalue weighted by molar-refractivity contribution is 0.102. The van der Waals surface area contributed by atoms with Gasteiger partial charge in [-0.25, -0.2) is 4.98 Å². The molecule has 0 aliphatic heterocycles. The fraction of sp³-hybridized carbons (Fsp3) is 0.250. The molecule has 1 aromatic heterocycles. The van der Waals surface area contributed by atoms with Gasteiger partial charge in [0.25, 0.3) is 5.91 Å². The fourth-order valence-corrected chi connectivity index (χ4v) is 2.03. The van der Waals surface area contributed by atoms with Crippen molar-refractivity contribution in [2.24, 2.45) is 0 Å². The number of nitrogens with one attached hydrogen (secondary N) is 1. The van der Waals surface area contributed by atoms with Gasteiger partial charge < -0.3 is 14.8 Å². The van der Waals surface area contributed by atoms with Crippen molar-refractivity contribution in [3.63, 3.8) is 0 Å². The quantitative estimate of drug-likeness (QED) is 0.938. The summed E-state index contributed by atoms with van der Waals surface area (Å²) >= 11 is 0. The summed E-state index contributed by atoms with van der Waals surface area (Å²) in [6.07, 6.45) is 0. The van der Waals surface area contributed by atoms with E-state index < -0.39 is 0 Å². The molecule has 0 aliphatic carbocycles. The molecule has 110 valence electrons. The predicted octanol–water partition coefficient (Wildman–Crippen LogP) is 2.97. The van der Waals surface area contributed by atoms with Crippen LogP contribution in [0.25, 0.3) is 0 Å². The molecule has 0 saturated carbocycles. The maximum atomic E-state index is 12.3. The van der Waals surface area contributed by atoms with Crippen LogP contribution in [0.5, 0.6) is 11.5 Å². The van der Waals surface area contributed by atoms with Crippen molar-refractivity contribution < 1.29 is 14.3 Å². The van der Waals surface area contributed by atoms with Crippen molar-refractivity contribution in [3.05, 3.63) is 47.2 Å². The lowest BCUT2D eigenvalue weighted by Crippen LogP contribution is -2.13. The predicted molar refractivity (Wildman–Crippen MR) is 81.2 cm³/mol. The van der Waals surface area contributed by atoms with Crippen molar-refractivity contribution in [1.29, 1.82) is 0 Å². The first-order valence-electron chi connectivity index (χ1n) is 6.51. The molecule has 0 fully saturated rings. The minimum atomic E-state index is -0.260. The van der Waals surface area contributed by atoms with Crippen LogP contribution in [0.15, 0.2) is 30.3 Å². The van der Waals surface area contributed by atoms with Gasteiger partial charge in [-0.2, -0.15) is 0 Å². The Morgan fingerprint density at radius 2 is 1.62 bits per heavy atom. The zero-order valence-corrected chi connectivity index (χ0v) is 12.6. The molecule has 0 spiro atoms. The standard InChI is InChI=1S/C16H18N2O3/c1-10-5-11(2)17-15(6-10)18-16(19)12-7-13(20-3)9-14(8-12)21-4/h5-9H,1-4H3,(H,17,18,19). The van der Waals surface area contributed by atoms with Gasteiger partial charge in [-0.05, 0) is 43.7 Å². The normalized spacial score (nSPS) is 10.1. The van der Waals surface area contributed by atoms with Gasteiger partial charge in [0.2, 0.25) is 0 Å². The van der Waals surface area contributed by atoms with E-state index in [9.17, 15) is 4.79 Å². The number of hydrogen-bond acceptors (Lipinski definition) is 4. The Hall–Kier alpha value is -2.56. The van der Waals surface area contributed by atoms with Crippen LogP contribution in [-0.2, 0) is 0 Å². The highest BCUT2D eigenvalue weighted by Gasteiger charge is 2.11. The van der Waals surface area contributed by atoms with Crippen LogP contribution in [0.4, 0.5) is 5.82 Å². The molecule has 0 unspecified atom stereocenters. The van der Waals surface area contributed by atoms with Crippen LogP contribution in [0, 0.1) is 13.8 Å². The van der Waals surface area contributed by atoms with Gasteiger partial charge in [0, 0.05) is 17.3 Å². The Kier molecular flexibility index (Phi) is 4.42.